The standard InChI is InChI=1S/C40H28O5S/c41-36-35(37(42)39(44)40(45)38(36)43)34-28-15-7-5-13-26(28)33(27-14-6-8-16-29(27)34)24-12-4-9-17-31-30(20-24)25-19-18-23(21-32(25)46-31)22-10-2-1-3-11-22/h2,5-8,10-11,13-21,24,41-45H,1,3,9H2/b30-20-,31-17+. The van der Waals surface area contributed by atoms with E-state index < -0.39 is 28.7 Å². The number of aromatic hydroxyl groups is 5. The van der Waals surface area contributed by atoms with Crippen LogP contribution in [0.2, 0.25) is 0 Å². The summed E-state index contributed by atoms with van der Waals surface area (Å²) in [7, 11) is 0. The van der Waals surface area contributed by atoms with Crippen molar-refractivity contribution in [1.82, 2.24) is 0 Å². The van der Waals surface area contributed by atoms with E-state index in [1.54, 1.807) is 11.3 Å². The van der Waals surface area contributed by atoms with E-state index >= 15 is 0 Å². The molecule has 1 unspecified atom stereocenters. The highest BCUT2D eigenvalue weighted by Gasteiger charge is 2.28. The zero-order chi connectivity index (χ0) is 31.5. The third-order valence-corrected chi connectivity index (χ3v) is 10.1. The summed E-state index contributed by atoms with van der Waals surface area (Å²) in [6.07, 6.45) is 13.9. The lowest BCUT2D eigenvalue weighted by molar-refractivity contribution is 0.330. The molecule has 6 heteroatoms. The first-order chi connectivity index (χ1) is 22.4. The summed E-state index contributed by atoms with van der Waals surface area (Å²) in [4.78, 5) is 0. The van der Waals surface area contributed by atoms with Gasteiger partial charge in [0.25, 0.3) is 0 Å². The lowest BCUT2D eigenvalue weighted by Gasteiger charge is -2.21. The van der Waals surface area contributed by atoms with Crippen molar-refractivity contribution in [2.45, 2.75) is 25.2 Å². The van der Waals surface area contributed by atoms with Crippen LogP contribution in [0.25, 0.3) is 60.5 Å². The maximum Gasteiger partial charge on any atom is 0.208 e. The van der Waals surface area contributed by atoms with E-state index in [0.29, 0.717) is 22.8 Å². The Morgan fingerprint density at radius 1 is 0.652 bits per heavy atom. The van der Waals surface area contributed by atoms with Gasteiger partial charge >= 0.3 is 0 Å². The second kappa shape index (κ2) is 10.8. The monoisotopic (exact) mass is 620 g/mol. The van der Waals surface area contributed by atoms with Gasteiger partial charge in [-0.1, -0.05) is 103 Å². The quantitative estimate of drug-likeness (QED) is 0.0600. The molecule has 1 heterocycles. The van der Waals surface area contributed by atoms with Crippen LogP contribution in [-0.4, -0.2) is 25.5 Å². The summed E-state index contributed by atoms with van der Waals surface area (Å²) in [5.41, 5.74) is 3.71. The fourth-order valence-electron chi connectivity index (χ4n) is 6.83. The van der Waals surface area contributed by atoms with Gasteiger partial charge in [-0.3, -0.25) is 0 Å². The predicted molar refractivity (Wildman–Crippen MR) is 187 cm³/mol. The van der Waals surface area contributed by atoms with Gasteiger partial charge in [0.15, 0.2) is 11.5 Å². The molecule has 1 aromatic heterocycles. The van der Waals surface area contributed by atoms with E-state index in [-0.39, 0.29) is 11.5 Å². The van der Waals surface area contributed by atoms with Gasteiger partial charge in [0.1, 0.15) is 0 Å². The van der Waals surface area contributed by atoms with Gasteiger partial charge in [0.2, 0.25) is 17.2 Å². The molecule has 2 aliphatic carbocycles. The molecule has 0 amide bonds. The van der Waals surface area contributed by atoms with E-state index in [4.69, 9.17) is 0 Å². The summed E-state index contributed by atoms with van der Waals surface area (Å²) in [5, 5.41) is 58.5. The molecule has 2 aliphatic rings. The highest BCUT2D eigenvalue weighted by Crippen LogP contribution is 2.57. The maximum absolute atomic E-state index is 11.0. The van der Waals surface area contributed by atoms with E-state index in [9.17, 15) is 25.5 Å². The van der Waals surface area contributed by atoms with Gasteiger partial charge in [-0.15, -0.1) is 11.3 Å². The Labute approximate surface area is 268 Å². The van der Waals surface area contributed by atoms with Crippen LogP contribution in [0.1, 0.15) is 36.3 Å². The highest BCUT2D eigenvalue weighted by molar-refractivity contribution is 7.17. The Morgan fingerprint density at radius 3 is 1.96 bits per heavy atom. The molecule has 1 atom stereocenters. The number of phenols is 5. The average Bonchev–Trinajstić information content (AvgIpc) is 3.41. The van der Waals surface area contributed by atoms with Gasteiger partial charge in [-0.2, -0.15) is 0 Å². The number of rotatable bonds is 3. The first kappa shape index (κ1) is 27.9. The minimum atomic E-state index is -0.988. The zero-order valence-corrected chi connectivity index (χ0v) is 25.4. The molecular formula is C40H28O5S. The molecule has 0 spiro atoms. The number of fused-ring (bicyclic) bond motifs is 5. The minimum absolute atomic E-state index is 0.168. The molecule has 0 saturated heterocycles. The predicted octanol–water partition coefficient (Wildman–Crippen LogP) is 7.89. The zero-order valence-electron chi connectivity index (χ0n) is 24.6. The summed E-state index contributed by atoms with van der Waals surface area (Å²) < 4.78 is 2.41. The fourth-order valence-corrected chi connectivity index (χ4v) is 8.00. The smallest absolute Gasteiger partial charge is 0.208 e. The SMILES string of the molecule is Oc1c(O)c(O)c(-c2c3ccccc3c(C3C#CC/C=c4/sc5cc(C6=CCCC=C6)ccc5/c4=C/3)c3ccccc23)c(O)c1O. The van der Waals surface area contributed by atoms with Gasteiger partial charge in [-0.25, -0.2) is 0 Å². The molecule has 0 aliphatic heterocycles. The van der Waals surface area contributed by atoms with Crippen molar-refractivity contribution in [3.05, 3.63) is 106 Å². The number of benzene rings is 5. The Kier molecular flexibility index (Phi) is 6.52. The minimum Gasteiger partial charge on any atom is -0.504 e. The summed E-state index contributed by atoms with van der Waals surface area (Å²) in [6, 6.07) is 22.0. The van der Waals surface area contributed by atoms with Gasteiger partial charge < -0.3 is 25.5 Å². The molecule has 46 heavy (non-hydrogen) atoms. The number of hydrogen-bond acceptors (Lipinski definition) is 6. The second-order valence-corrected chi connectivity index (χ2v) is 12.7. The Hall–Kier alpha value is -5.64. The Morgan fingerprint density at radius 2 is 1.30 bits per heavy atom. The van der Waals surface area contributed by atoms with Crippen LogP contribution in [0, 0.1) is 11.8 Å². The Bertz CT molecular complexity index is 2440. The van der Waals surface area contributed by atoms with Crippen LogP contribution in [0.5, 0.6) is 28.7 Å². The lowest BCUT2D eigenvalue weighted by atomic mass is 9.82. The van der Waals surface area contributed by atoms with E-state index in [0.717, 1.165) is 34.4 Å². The van der Waals surface area contributed by atoms with E-state index in [2.05, 4.69) is 60.4 Å². The van der Waals surface area contributed by atoms with Crippen molar-refractivity contribution in [2.24, 2.45) is 0 Å². The fraction of sp³-hybridized carbons (Fsp3) is 0.100. The van der Waals surface area contributed by atoms with Crippen LogP contribution in [-0.2, 0) is 0 Å². The number of allylic oxidation sites excluding steroid dienone is 4. The molecule has 0 saturated carbocycles. The highest BCUT2D eigenvalue weighted by atomic mass is 32.1. The maximum atomic E-state index is 11.0. The second-order valence-electron chi connectivity index (χ2n) is 11.6. The lowest BCUT2D eigenvalue weighted by Crippen LogP contribution is -2.20. The number of thiophene rings is 1. The number of hydrogen-bond donors (Lipinski definition) is 5. The molecule has 6 aromatic rings. The van der Waals surface area contributed by atoms with Crippen LogP contribution in [0.4, 0.5) is 0 Å². The van der Waals surface area contributed by atoms with Gasteiger partial charge in [0.05, 0.1) is 11.5 Å². The summed E-state index contributed by atoms with van der Waals surface area (Å²) >= 11 is 1.78. The molecule has 8 rings (SSSR count). The Balaban J connectivity index is 1.42. The van der Waals surface area contributed by atoms with Crippen molar-refractivity contribution in [1.29, 1.82) is 0 Å². The molecule has 224 valence electrons. The first-order valence-corrected chi connectivity index (χ1v) is 16.0. The number of phenolic OH excluding ortho intramolecular Hbond substituents is 5. The van der Waals surface area contributed by atoms with E-state index in [1.807, 2.05) is 48.5 Å². The summed E-state index contributed by atoms with van der Waals surface area (Å²) in [5.74, 6) is 2.36. The van der Waals surface area contributed by atoms with Crippen molar-refractivity contribution in [3.8, 4) is 51.7 Å². The van der Waals surface area contributed by atoms with Crippen molar-refractivity contribution in [2.75, 3.05) is 0 Å². The average molecular weight is 621 g/mol. The van der Waals surface area contributed by atoms with E-state index in [1.165, 1.54) is 25.8 Å². The van der Waals surface area contributed by atoms with Gasteiger partial charge in [0, 0.05) is 26.6 Å². The van der Waals surface area contributed by atoms with Crippen LogP contribution >= 0.6 is 11.3 Å². The van der Waals surface area contributed by atoms with Crippen LogP contribution < -0.4 is 9.75 Å². The largest absolute Gasteiger partial charge is 0.504 e. The summed E-state index contributed by atoms with van der Waals surface area (Å²) in [6.45, 7) is 0. The normalized spacial score (nSPS) is 17.2. The van der Waals surface area contributed by atoms with Crippen molar-refractivity contribution >= 4 is 60.7 Å². The topological polar surface area (TPSA) is 101 Å². The molecule has 0 fully saturated rings. The molecular weight excluding hydrogens is 593 g/mol. The van der Waals surface area contributed by atoms with Gasteiger partial charge in [-0.05, 0) is 62.4 Å². The third kappa shape index (κ3) is 4.24. The molecule has 0 bridgehead atoms. The van der Waals surface area contributed by atoms with Crippen molar-refractivity contribution in [3.63, 3.8) is 0 Å². The molecule has 0 radical (unpaired) electrons. The first-order valence-electron chi connectivity index (χ1n) is 15.1. The van der Waals surface area contributed by atoms with Crippen molar-refractivity contribution < 1.29 is 25.5 Å². The van der Waals surface area contributed by atoms with Crippen LogP contribution in [0.15, 0.2) is 85.0 Å². The molecule has 5 N–H and O–H groups in total. The molecule has 5 nitrogen and oxygen atoms in total. The molecule has 5 aromatic carbocycles. The van der Waals surface area contributed by atoms with Crippen LogP contribution in [0.3, 0.4) is 0 Å². The third-order valence-electron chi connectivity index (χ3n) is 8.97.